The van der Waals surface area contributed by atoms with Gasteiger partial charge in [0.15, 0.2) is 9.84 Å². The van der Waals surface area contributed by atoms with Gasteiger partial charge in [0.1, 0.15) is 0 Å². The zero-order valence-corrected chi connectivity index (χ0v) is 10.4. The molecule has 0 unspecified atom stereocenters. The molecule has 0 saturated heterocycles. The van der Waals surface area contributed by atoms with Gasteiger partial charge >= 0.3 is 0 Å². The molecule has 0 saturated carbocycles. The van der Waals surface area contributed by atoms with E-state index in [4.69, 9.17) is 0 Å². The number of aromatic nitrogens is 2. The van der Waals surface area contributed by atoms with Gasteiger partial charge in [-0.15, -0.1) is 0 Å². The van der Waals surface area contributed by atoms with Crippen molar-refractivity contribution in [1.82, 2.24) is 9.78 Å². The van der Waals surface area contributed by atoms with Crippen molar-refractivity contribution in [3.8, 4) is 0 Å². The Bertz CT molecular complexity index is 641. The molecule has 0 aliphatic carbocycles. The summed E-state index contributed by atoms with van der Waals surface area (Å²) in [6, 6.07) is 5.30. The van der Waals surface area contributed by atoms with E-state index < -0.39 is 9.84 Å². The van der Waals surface area contributed by atoms with Crippen LogP contribution in [0.25, 0.3) is 10.9 Å². The Morgan fingerprint density at radius 3 is 2.69 bits per heavy atom. The first kappa shape index (κ1) is 11.1. The lowest BCUT2D eigenvalue weighted by molar-refractivity contribution is 0.597. The summed E-state index contributed by atoms with van der Waals surface area (Å²) < 4.78 is 25.5. The Balaban J connectivity index is 2.92. The second-order valence-corrected chi connectivity index (χ2v) is 6.01. The van der Waals surface area contributed by atoms with Crippen LogP contribution in [0.4, 0.5) is 0 Å². The molecule has 0 fully saturated rings. The smallest absolute Gasteiger partial charge is 0.180 e. The Kier molecular flexibility index (Phi) is 2.50. The lowest BCUT2D eigenvalue weighted by Gasteiger charge is -2.04. The van der Waals surface area contributed by atoms with Crippen LogP contribution in [-0.2, 0) is 16.9 Å². The third-order valence-electron chi connectivity index (χ3n) is 2.73. The predicted molar refractivity (Wildman–Crippen MR) is 63.2 cm³/mol. The number of hydrogen-bond acceptors (Lipinski definition) is 3. The van der Waals surface area contributed by atoms with Crippen molar-refractivity contribution in [2.24, 2.45) is 7.05 Å². The maximum Gasteiger partial charge on any atom is 0.180 e. The van der Waals surface area contributed by atoms with Gasteiger partial charge in [-0.3, -0.25) is 4.68 Å². The second-order valence-electron chi connectivity index (χ2n) is 3.76. The average molecular weight is 238 g/mol. The van der Waals surface area contributed by atoms with Crippen LogP contribution in [0.2, 0.25) is 0 Å². The highest BCUT2D eigenvalue weighted by Crippen LogP contribution is 2.25. The molecular weight excluding hydrogens is 224 g/mol. The summed E-state index contributed by atoms with van der Waals surface area (Å²) in [5, 5.41) is 5.15. The minimum atomic E-state index is -3.19. The minimum absolute atomic E-state index is 0.107. The van der Waals surface area contributed by atoms with E-state index in [9.17, 15) is 8.42 Å². The van der Waals surface area contributed by atoms with Gasteiger partial charge in [0.05, 0.1) is 21.9 Å². The van der Waals surface area contributed by atoms with E-state index in [0.717, 1.165) is 11.1 Å². The fourth-order valence-corrected chi connectivity index (χ4v) is 3.02. The van der Waals surface area contributed by atoms with Crippen molar-refractivity contribution in [2.75, 3.05) is 5.75 Å². The van der Waals surface area contributed by atoms with Crippen LogP contribution in [0.15, 0.2) is 23.1 Å². The molecule has 0 aliphatic heterocycles. The van der Waals surface area contributed by atoms with E-state index in [1.165, 1.54) is 0 Å². The van der Waals surface area contributed by atoms with Crippen molar-refractivity contribution >= 4 is 20.7 Å². The van der Waals surface area contributed by atoms with E-state index >= 15 is 0 Å². The summed E-state index contributed by atoms with van der Waals surface area (Å²) in [5.74, 6) is 0.107. The van der Waals surface area contributed by atoms with Crippen molar-refractivity contribution < 1.29 is 8.42 Å². The van der Waals surface area contributed by atoms with E-state index in [1.54, 1.807) is 30.8 Å². The highest BCUT2D eigenvalue weighted by atomic mass is 32.2. The summed E-state index contributed by atoms with van der Waals surface area (Å²) in [5.41, 5.74) is 1.55. The molecule has 2 rings (SSSR count). The molecule has 1 aromatic heterocycles. The summed E-state index contributed by atoms with van der Waals surface area (Å²) >= 11 is 0. The topological polar surface area (TPSA) is 52.0 Å². The zero-order valence-electron chi connectivity index (χ0n) is 9.56. The molecule has 0 amide bonds. The fraction of sp³-hybridized carbons (Fsp3) is 0.364. The molecule has 16 heavy (non-hydrogen) atoms. The van der Waals surface area contributed by atoms with Crippen molar-refractivity contribution in [1.29, 1.82) is 0 Å². The second kappa shape index (κ2) is 3.59. The molecule has 4 nitrogen and oxygen atoms in total. The lowest BCUT2D eigenvalue weighted by atomic mass is 10.2. The Morgan fingerprint density at radius 1 is 1.38 bits per heavy atom. The van der Waals surface area contributed by atoms with Gasteiger partial charge in [-0.1, -0.05) is 19.1 Å². The average Bonchev–Trinajstić information content (AvgIpc) is 2.55. The molecule has 2 aromatic rings. The van der Waals surface area contributed by atoms with E-state index in [0.29, 0.717) is 10.4 Å². The van der Waals surface area contributed by atoms with Crippen molar-refractivity contribution in [3.63, 3.8) is 0 Å². The first-order valence-electron chi connectivity index (χ1n) is 5.12. The number of fused-ring (bicyclic) bond motifs is 1. The van der Waals surface area contributed by atoms with Crippen molar-refractivity contribution in [3.05, 3.63) is 23.9 Å². The number of benzene rings is 1. The van der Waals surface area contributed by atoms with Crippen molar-refractivity contribution in [2.45, 2.75) is 18.7 Å². The molecular formula is C11H14N2O2S. The van der Waals surface area contributed by atoms with Crippen LogP contribution in [0.1, 0.15) is 12.6 Å². The maximum absolute atomic E-state index is 11.9. The van der Waals surface area contributed by atoms with Crippen LogP contribution >= 0.6 is 0 Å². The Hall–Kier alpha value is -1.36. The number of sulfone groups is 1. The van der Waals surface area contributed by atoms with Gasteiger partial charge in [-0.2, -0.15) is 5.10 Å². The number of rotatable bonds is 2. The summed E-state index contributed by atoms with van der Waals surface area (Å²) in [4.78, 5) is 0.371. The van der Waals surface area contributed by atoms with Crippen LogP contribution in [-0.4, -0.2) is 24.0 Å². The van der Waals surface area contributed by atoms with E-state index in [2.05, 4.69) is 5.10 Å². The molecule has 0 spiro atoms. The SMILES string of the molecule is CCS(=O)(=O)c1cccc2c(C)nn(C)c12. The summed E-state index contributed by atoms with van der Waals surface area (Å²) in [6.45, 7) is 3.53. The molecule has 0 radical (unpaired) electrons. The highest BCUT2D eigenvalue weighted by molar-refractivity contribution is 7.91. The number of hydrogen-bond donors (Lipinski definition) is 0. The molecule has 1 heterocycles. The monoisotopic (exact) mass is 238 g/mol. The Labute approximate surface area is 94.8 Å². The molecule has 0 atom stereocenters. The highest BCUT2D eigenvalue weighted by Gasteiger charge is 2.18. The standard InChI is InChI=1S/C11H14N2O2S/c1-4-16(14,15)10-7-5-6-9-8(2)12-13(3)11(9)10/h5-7H,4H2,1-3H3. The lowest BCUT2D eigenvalue weighted by Crippen LogP contribution is -2.06. The van der Waals surface area contributed by atoms with Crippen LogP contribution < -0.4 is 0 Å². The first-order chi connectivity index (χ1) is 7.47. The summed E-state index contributed by atoms with van der Waals surface area (Å²) in [6.07, 6.45) is 0. The predicted octanol–water partition coefficient (Wildman–Crippen LogP) is 1.68. The summed E-state index contributed by atoms with van der Waals surface area (Å²) in [7, 11) is -1.43. The van der Waals surface area contributed by atoms with Gasteiger partial charge in [-0.25, -0.2) is 8.42 Å². The van der Waals surface area contributed by atoms with Gasteiger partial charge in [0.25, 0.3) is 0 Å². The van der Waals surface area contributed by atoms with Gasteiger partial charge in [-0.05, 0) is 13.0 Å². The van der Waals surface area contributed by atoms with Crippen LogP contribution in [0.3, 0.4) is 0 Å². The molecule has 0 N–H and O–H groups in total. The molecule has 1 aromatic carbocycles. The minimum Gasteiger partial charge on any atom is -0.266 e. The van der Waals surface area contributed by atoms with Crippen LogP contribution in [0.5, 0.6) is 0 Å². The van der Waals surface area contributed by atoms with Gasteiger partial charge in [0, 0.05) is 12.4 Å². The normalized spacial score (nSPS) is 12.2. The molecule has 0 bridgehead atoms. The molecule has 0 aliphatic rings. The third kappa shape index (κ3) is 1.51. The number of aryl methyl sites for hydroxylation is 2. The maximum atomic E-state index is 11.9. The zero-order chi connectivity index (χ0) is 11.9. The quantitative estimate of drug-likeness (QED) is 0.799. The van der Waals surface area contributed by atoms with Gasteiger partial charge < -0.3 is 0 Å². The van der Waals surface area contributed by atoms with Gasteiger partial charge in [0.2, 0.25) is 0 Å². The third-order valence-corrected chi connectivity index (χ3v) is 4.49. The van der Waals surface area contributed by atoms with Crippen LogP contribution in [0, 0.1) is 6.92 Å². The number of nitrogens with zero attached hydrogens (tertiary/aromatic N) is 2. The molecule has 5 heteroatoms. The first-order valence-corrected chi connectivity index (χ1v) is 6.77. The number of para-hydroxylation sites is 1. The molecule has 86 valence electrons. The largest absolute Gasteiger partial charge is 0.266 e. The van der Waals surface area contributed by atoms with E-state index in [-0.39, 0.29) is 5.75 Å². The van der Waals surface area contributed by atoms with E-state index in [1.807, 2.05) is 13.0 Å². The fourth-order valence-electron chi connectivity index (χ4n) is 1.88. The Morgan fingerprint density at radius 2 is 2.06 bits per heavy atom.